The predicted molar refractivity (Wildman–Crippen MR) is 80.1 cm³/mol. The first-order valence-corrected chi connectivity index (χ1v) is 7.39. The molecule has 0 N–H and O–H groups in total. The van der Waals surface area contributed by atoms with Crippen LogP contribution in [0.2, 0.25) is 0 Å². The number of hydrogen-bond acceptors (Lipinski definition) is 0. The Bertz CT molecular complexity index is 307. The first-order valence-electron chi connectivity index (χ1n) is 7.39. The molecule has 0 saturated heterocycles. The summed E-state index contributed by atoms with van der Waals surface area (Å²) in [5.41, 5.74) is 2.83. The van der Waals surface area contributed by atoms with Crippen molar-refractivity contribution < 1.29 is 43.4 Å². The molecule has 2 aliphatic rings. The molecule has 0 spiro atoms. The van der Waals surface area contributed by atoms with Gasteiger partial charge in [-0.3, -0.25) is 12.2 Å². The summed E-state index contributed by atoms with van der Waals surface area (Å²) in [5.74, 6) is 0. The van der Waals surface area contributed by atoms with E-state index in [1.165, 1.54) is 49.7 Å². The molecule has 2 rings (SSSR count). The Kier molecular flexibility index (Phi) is 22.5. The summed E-state index contributed by atoms with van der Waals surface area (Å²) in [5, 5.41) is 0. The molecule has 0 amide bonds. The van der Waals surface area contributed by atoms with Crippen LogP contribution in [0.15, 0.2) is 35.5 Å². The third-order valence-corrected chi connectivity index (χ3v) is 3.13. The number of rotatable bonds is 6. The molecule has 0 aliphatic heterocycles. The summed E-state index contributed by atoms with van der Waals surface area (Å²) in [7, 11) is 0. The summed E-state index contributed by atoms with van der Waals surface area (Å²) in [4.78, 5) is 0. The largest absolute Gasteiger partial charge is 4.00 e. The van der Waals surface area contributed by atoms with Gasteiger partial charge in [-0.15, -0.1) is 12.8 Å². The number of allylic oxidation sites excluding steroid dienone is 8. The normalized spacial score (nSPS) is 14.0. The topological polar surface area (TPSA) is 0 Å². The van der Waals surface area contributed by atoms with Crippen LogP contribution < -0.4 is 24.8 Å². The van der Waals surface area contributed by atoms with Gasteiger partial charge in [0.05, 0.1) is 0 Å². The second-order valence-corrected chi connectivity index (χ2v) is 4.82. The zero-order chi connectivity index (χ0) is 13.1. The van der Waals surface area contributed by atoms with Gasteiger partial charge in [0.25, 0.3) is 0 Å². The van der Waals surface area contributed by atoms with Crippen molar-refractivity contribution in [1.82, 2.24) is 0 Å². The molecule has 0 aromatic heterocycles. The van der Waals surface area contributed by atoms with E-state index in [4.69, 9.17) is 0 Å². The number of unbranched alkanes of at least 4 members (excludes halogenated alkanes) is 2. The van der Waals surface area contributed by atoms with E-state index in [2.05, 4.69) is 50.3 Å². The van der Waals surface area contributed by atoms with Crippen LogP contribution in [-0.2, 0) is 18.6 Å². The van der Waals surface area contributed by atoms with Crippen molar-refractivity contribution in [2.75, 3.05) is 0 Å². The molecule has 0 atom stereocenters. The smallest absolute Gasteiger partial charge is 1.00 e. The molecule has 0 unspecified atom stereocenters. The second-order valence-electron chi connectivity index (χ2n) is 4.82. The predicted octanol–water partition coefficient (Wildman–Crippen LogP) is -0.262. The maximum absolute atomic E-state index is 3.30. The van der Waals surface area contributed by atoms with E-state index in [1.807, 2.05) is 0 Å². The summed E-state index contributed by atoms with van der Waals surface area (Å²) in [6, 6.07) is 0. The minimum Gasteiger partial charge on any atom is -1.00 e. The number of hydrogen-bond donors (Lipinski definition) is 0. The molecule has 0 bridgehead atoms. The summed E-state index contributed by atoms with van der Waals surface area (Å²) < 4.78 is 0. The molecule has 0 saturated carbocycles. The van der Waals surface area contributed by atoms with Crippen LogP contribution in [0, 0.1) is 12.2 Å². The Morgan fingerprint density at radius 3 is 1.43 bits per heavy atom. The van der Waals surface area contributed by atoms with Crippen LogP contribution in [0.4, 0.5) is 0 Å². The Morgan fingerprint density at radius 1 is 0.810 bits per heavy atom. The van der Waals surface area contributed by atoms with Gasteiger partial charge in [-0.05, 0) is 0 Å². The Labute approximate surface area is 155 Å². The fraction of sp³-hybridized carbons (Fsp3) is 0.556. The van der Waals surface area contributed by atoms with Gasteiger partial charge in [0.2, 0.25) is 0 Å². The minimum absolute atomic E-state index is 0. The van der Waals surface area contributed by atoms with E-state index in [-0.39, 0.29) is 43.4 Å². The summed E-state index contributed by atoms with van der Waals surface area (Å²) >= 11 is 0. The molecule has 0 aromatic rings. The first kappa shape index (κ1) is 26.0. The van der Waals surface area contributed by atoms with Gasteiger partial charge in [-0.1, -0.05) is 52.4 Å². The van der Waals surface area contributed by atoms with Crippen LogP contribution in [0.1, 0.15) is 65.2 Å². The van der Waals surface area contributed by atoms with Crippen LogP contribution in [0.25, 0.3) is 0 Å². The van der Waals surface area contributed by atoms with Crippen molar-refractivity contribution in [1.29, 1.82) is 0 Å². The van der Waals surface area contributed by atoms with Gasteiger partial charge < -0.3 is 24.8 Å². The van der Waals surface area contributed by atoms with Gasteiger partial charge >= 0.3 is 18.6 Å². The standard InChI is InChI=1S/2C9H13.2ClH.V/c2*1-2-3-6-9-7-4-5-8-9;;;/h2*4,7H,2-3,5-6H2,1H3;2*1H;/q2*-1;;;+4/p-2. The van der Waals surface area contributed by atoms with Gasteiger partial charge in [0, 0.05) is 0 Å². The van der Waals surface area contributed by atoms with E-state index in [0.717, 1.165) is 12.8 Å². The zero-order valence-electron chi connectivity index (χ0n) is 13.2. The third-order valence-electron chi connectivity index (χ3n) is 3.13. The van der Waals surface area contributed by atoms with Crippen molar-refractivity contribution in [3.05, 3.63) is 47.6 Å². The Hall–Kier alpha value is 0.124. The van der Waals surface area contributed by atoms with Gasteiger partial charge in [-0.2, -0.15) is 12.2 Å². The molecule has 2 aliphatic carbocycles. The van der Waals surface area contributed by atoms with Gasteiger partial charge in [-0.25, -0.2) is 23.3 Å². The molecule has 0 heterocycles. The van der Waals surface area contributed by atoms with E-state index >= 15 is 0 Å². The molecule has 21 heavy (non-hydrogen) atoms. The maximum Gasteiger partial charge on any atom is 4.00 e. The Balaban J connectivity index is -0.000000270. The quantitative estimate of drug-likeness (QED) is 0.570. The molecule has 3 heteroatoms. The fourth-order valence-corrected chi connectivity index (χ4v) is 1.98. The molecule has 0 aromatic carbocycles. The molecule has 1 radical (unpaired) electrons. The fourth-order valence-electron chi connectivity index (χ4n) is 1.98. The van der Waals surface area contributed by atoms with Gasteiger partial charge in [0.1, 0.15) is 0 Å². The van der Waals surface area contributed by atoms with Gasteiger partial charge in [0.15, 0.2) is 0 Å². The van der Waals surface area contributed by atoms with E-state index in [9.17, 15) is 0 Å². The molecular formula is C18H26Cl2V. The molecule has 0 fully saturated rings. The van der Waals surface area contributed by atoms with Crippen molar-refractivity contribution in [3.8, 4) is 0 Å². The van der Waals surface area contributed by atoms with Crippen molar-refractivity contribution in [2.24, 2.45) is 0 Å². The second kappa shape index (κ2) is 18.2. The van der Waals surface area contributed by atoms with Crippen molar-refractivity contribution in [3.63, 3.8) is 0 Å². The SMILES string of the molecule is CCCCC1=[C-]CC=C1.CCCCC1=[C-]CC=C1.[Cl-].[Cl-].[V+4]. The van der Waals surface area contributed by atoms with Crippen LogP contribution in [0.5, 0.6) is 0 Å². The van der Waals surface area contributed by atoms with Crippen LogP contribution in [0.3, 0.4) is 0 Å². The number of halogens is 2. The van der Waals surface area contributed by atoms with E-state index < -0.39 is 0 Å². The maximum atomic E-state index is 3.30. The molecular weight excluding hydrogens is 338 g/mol. The minimum atomic E-state index is 0. The van der Waals surface area contributed by atoms with Crippen LogP contribution >= 0.6 is 0 Å². The van der Waals surface area contributed by atoms with E-state index in [1.54, 1.807) is 0 Å². The molecule has 0 nitrogen and oxygen atoms in total. The van der Waals surface area contributed by atoms with Crippen molar-refractivity contribution in [2.45, 2.75) is 65.2 Å². The summed E-state index contributed by atoms with van der Waals surface area (Å²) in [6.07, 6.45) is 25.1. The van der Waals surface area contributed by atoms with Crippen molar-refractivity contribution >= 4 is 0 Å². The monoisotopic (exact) mass is 363 g/mol. The summed E-state index contributed by atoms with van der Waals surface area (Å²) in [6.45, 7) is 4.44. The first-order chi connectivity index (χ1) is 8.86. The average molecular weight is 364 g/mol. The van der Waals surface area contributed by atoms with E-state index in [0.29, 0.717) is 0 Å². The molecule has 117 valence electrons. The zero-order valence-corrected chi connectivity index (χ0v) is 16.1. The van der Waals surface area contributed by atoms with Crippen LogP contribution in [-0.4, -0.2) is 0 Å². The third kappa shape index (κ3) is 13.5. The Morgan fingerprint density at radius 2 is 1.19 bits per heavy atom. The average Bonchev–Trinajstić information content (AvgIpc) is 3.07.